The molecular weight excluding hydrogens is 152 g/mol. The Morgan fingerprint density at radius 3 is 2.42 bits per heavy atom. The Morgan fingerprint density at radius 2 is 2.00 bits per heavy atom. The van der Waals surface area contributed by atoms with Crippen molar-refractivity contribution in [3.05, 3.63) is 0 Å². The zero-order chi connectivity index (χ0) is 9.19. The van der Waals surface area contributed by atoms with Crippen LogP contribution in [-0.2, 0) is 4.79 Å². The first-order valence-corrected chi connectivity index (χ1v) is 4.59. The van der Waals surface area contributed by atoms with Crippen LogP contribution in [0.1, 0.15) is 26.2 Å². The van der Waals surface area contributed by atoms with Gasteiger partial charge in [0.15, 0.2) is 5.78 Å². The fourth-order valence-corrected chi connectivity index (χ4v) is 1.65. The van der Waals surface area contributed by atoms with Crippen LogP contribution in [0.4, 0.5) is 0 Å². The number of Topliss-reactive ketones (excluding diaryl/α,β-unsaturated/α-hetero) is 1. The predicted octanol–water partition coefficient (Wildman–Crippen LogP) is 0.389. The summed E-state index contributed by atoms with van der Waals surface area (Å²) in [4.78, 5) is 13.7. The molecule has 0 aromatic rings. The third-order valence-corrected chi connectivity index (χ3v) is 2.76. The van der Waals surface area contributed by atoms with E-state index in [-0.39, 0.29) is 5.78 Å². The number of likely N-dealkylation sites (tertiary alicyclic amines) is 1. The van der Waals surface area contributed by atoms with E-state index in [4.69, 9.17) is 5.73 Å². The lowest BCUT2D eigenvalue weighted by Gasteiger charge is -2.36. The van der Waals surface area contributed by atoms with Crippen LogP contribution >= 0.6 is 0 Å². The molecule has 1 saturated heterocycles. The van der Waals surface area contributed by atoms with Crippen LogP contribution in [0, 0.1) is 0 Å². The molecular formula is C9H18N2O. The first kappa shape index (κ1) is 9.68. The summed E-state index contributed by atoms with van der Waals surface area (Å²) in [5.74, 6) is 0.218. The van der Waals surface area contributed by atoms with Gasteiger partial charge in [0.05, 0.1) is 5.54 Å². The van der Waals surface area contributed by atoms with Crippen molar-refractivity contribution in [2.45, 2.75) is 31.7 Å². The van der Waals surface area contributed by atoms with Gasteiger partial charge in [-0.3, -0.25) is 4.79 Å². The van der Waals surface area contributed by atoms with Gasteiger partial charge in [-0.2, -0.15) is 0 Å². The second-order valence-electron chi connectivity index (χ2n) is 3.74. The number of carbonyl (C=O) groups is 1. The summed E-state index contributed by atoms with van der Waals surface area (Å²) in [5.41, 5.74) is 5.49. The first-order valence-electron chi connectivity index (χ1n) is 4.59. The highest BCUT2D eigenvalue weighted by Gasteiger charge is 2.34. The predicted molar refractivity (Wildman–Crippen MR) is 48.9 cm³/mol. The summed E-state index contributed by atoms with van der Waals surface area (Å²) in [7, 11) is 2.07. The van der Waals surface area contributed by atoms with E-state index in [1.54, 1.807) is 0 Å². The quantitative estimate of drug-likeness (QED) is 0.652. The van der Waals surface area contributed by atoms with E-state index in [0.717, 1.165) is 25.9 Å². The standard InChI is InChI=1S/C9H18N2O/c1-3-8(12)9(10)4-6-11(2)7-5-9/h3-7,10H2,1-2H3. The molecule has 1 aliphatic heterocycles. The Kier molecular flexibility index (Phi) is 2.85. The second kappa shape index (κ2) is 3.54. The van der Waals surface area contributed by atoms with Crippen molar-refractivity contribution >= 4 is 5.78 Å². The third-order valence-electron chi connectivity index (χ3n) is 2.76. The molecule has 0 aliphatic carbocycles. The van der Waals surface area contributed by atoms with Crippen LogP contribution in [0.2, 0.25) is 0 Å². The first-order chi connectivity index (χ1) is 5.58. The van der Waals surface area contributed by atoms with Crippen LogP contribution in [0.25, 0.3) is 0 Å². The van der Waals surface area contributed by atoms with Gasteiger partial charge in [0.2, 0.25) is 0 Å². The maximum atomic E-state index is 11.5. The van der Waals surface area contributed by atoms with E-state index in [9.17, 15) is 4.79 Å². The Balaban J connectivity index is 2.55. The van der Waals surface area contributed by atoms with Crippen LogP contribution in [0.15, 0.2) is 0 Å². The lowest BCUT2D eigenvalue weighted by atomic mass is 9.84. The number of ketones is 1. The Labute approximate surface area is 73.9 Å². The van der Waals surface area contributed by atoms with Crippen molar-refractivity contribution in [1.82, 2.24) is 4.90 Å². The summed E-state index contributed by atoms with van der Waals surface area (Å²) < 4.78 is 0. The van der Waals surface area contributed by atoms with Crippen molar-refractivity contribution in [1.29, 1.82) is 0 Å². The van der Waals surface area contributed by atoms with Crippen LogP contribution < -0.4 is 5.73 Å². The molecule has 1 fully saturated rings. The smallest absolute Gasteiger partial charge is 0.152 e. The molecule has 3 heteroatoms. The highest BCUT2D eigenvalue weighted by Crippen LogP contribution is 2.20. The fourth-order valence-electron chi connectivity index (χ4n) is 1.65. The van der Waals surface area contributed by atoms with Crippen molar-refractivity contribution in [3.63, 3.8) is 0 Å². The molecule has 1 heterocycles. The summed E-state index contributed by atoms with van der Waals surface area (Å²) in [5, 5.41) is 0. The molecule has 12 heavy (non-hydrogen) atoms. The minimum Gasteiger partial charge on any atom is -0.319 e. The topological polar surface area (TPSA) is 46.3 Å². The minimum absolute atomic E-state index is 0.218. The zero-order valence-corrected chi connectivity index (χ0v) is 7.97. The number of carbonyl (C=O) groups excluding carboxylic acids is 1. The van der Waals surface area contributed by atoms with E-state index in [0.29, 0.717) is 6.42 Å². The lowest BCUT2D eigenvalue weighted by molar-refractivity contribution is -0.125. The number of hydrogen-bond donors (Lipinski definition) is 1. The minimum atomic E-state index is -0.513. The number of hydrogen-bond acceptors (Lipinski definition) is 3. The molecule has 0 unspecified atom stereocenters. The van der Waals surface area contributed by atoms with Gasteiger partial charge < -0.3 is 10.6 Å². The van der Waals surface area contributed by atoms with E-state index < -0.39 is 5.54 Å². The van der Waals surface area contributed by atoms with Crippen molar-refractivity contribution in [2.75, 3.05) is 20.1 Å². The molecule has 0 amide bonds. The SMILES string of the molecule is CCC(=O)C1(N)CCN(C)CC1. The van der Waals surface area contributed by atoms with Gasteiger partial charge in [0.1, 0.15) is 0 Å². The molecule has 0 bridgehead atoms. The van der Waals surface area contributed by atoms with E-state index in [1.807, 2.05) is 6.92 Å². The Morgan fingerprint density at radius 1 is 1.50 bits per heavy atom. The molecule has 0 saturated carbocycles. The number of nitrogens with zero attached hydrogens (tertiary/aromatic N) is 1. The fraction of sp³-hybridized carbons (Fsp3) is 0.889. The highest BCUT2D eigenvalue weighted by molar-refractivity contribution is 5.88. The summed E-state index contributed by atoms with van der Waals surface area (Å²) >= 11 is 0. The Bertz CT molecular complexity index is 171. The maximum absolute atomic E-state index is 11.5. The van der Waals surface area contributed by atoms with Crippen LogP contribution in [-0.4, -0.2) is 36.4 Å². The van der Waals surface area contributed by atoms with Gasteiger partial charge >= 0.3 is 0 Å². The van der Waals surface area contributed by atoms with Crippen molar-refractivity contribution in [3.8, 4) is 0 Å². The average molecular weight is 170 g/mol. The Hall–Kier alpha value is -0.410. The van der Waals surface area contributed by atoms with Crippen molar-refractivity contribution in [2.24, 2.45) is 5.73 Å². The van der Waals surface area contributed by atoms with Gasteiger partial charge in [-0.1, -0.05) is 6.92 Å². The van der Waals surface area contributed by atoms with Crippen molar-refractivity contribution < 1.29 is 4.79 Å². The monoisotopic (exact) mass is 170 g/mol. The molecule has 0 spiro atoms. The van der Waals surface area contributed by atoms with E-state index in [1.165, 1.54) is 0 Å². The molecule has 1 rings (SSSR count). The van der Waals surface area contributed by atoms with Crippen LogP contribution in [0.5, 0.6) is 0 Å². The van der Waals surface area contributed by atoms with Gasteiger partial charge in [0, 0.05) is 19.5 Å². The number of rotatable bonds is 2. The largest absolute Gasteiger partial charge is 0.319 e. The normalized spacial score (nSPS) is 23.9. The number of nitrogens with two attached hydrogens (primary N) is 1. The summed E-state index contributed by atoms with van der Waals surface area (Å²) in [6.45, 7) is 3.78. The third kappa shape index (κ3) is 1.84. The summed E-state index contributed by atoms with van der Waals surface area (Å²) in [6, 6.07) is 0. The molecule has 0 aromatic carbocycles. The van der Waals surface area contributed by atoms with Gasteiger partial charge in [-0.05, 0) is 19.9 Å². The molecule has 2 N–H and O–H groups in total. The highest BCUT2D eigenvalue weighted by atomic mass is 16.1. The second-order valence-corrected chi connectivity index (χ2v) is 3.74. The number of piperidine rings is 1. The maximum Gasteiger partial charge on any atom is 0.152 e. The molecule has 1 aliphatic rings. The molecule has 0 aromatic heterocycles. The molecule has 0 atom stereocenters. The lowest BCUT2D eigenvalue weighted by Crippen LogP contribution is -2.54. The molecule has 3 nitrogen and oxygen atoms in total. The average Bonchev–Trinajstić information content (AvgIpc) is 2.09. The van der Waals surface area contributed by atoms with E-state index >= 15 is 0 Å². The zero-order valence-electron chi connectivity index (χ0n) is 7.97. The van der Waals surface area contributed by atoms with Crippen LogP contribution in [0.3, 0.4) is 0 Å². The molecule has 0 radical (unpaired) electrons. The molecule has 70 valence electrons. The van der Waals surface area contributed by atoms with Gasteiger partial charge in [-0.15, -0.1) is 0 Å². The van der Waals surface area contributed by atoms with Gasteiger partial charge in [-0.25, -0.2) is 0 Å². The van der Waals surface area contributed by atoms with Gasteiger partial charge in [0.25, 0.3) is 0 Å². The van der Waals surface area contributed by atoms with E-state index in [2.05, 4.69) is 11.9 Å². The summed E-state index contributed by atoms with van der Waals surface area (Å²) in [6.07, 6.45) is 2.20.